The monoisotopic (exact) mass is 456 g/mol. The Balaban J connectivity index is 1.77. The van der Waals surface area contributed by atoms with Gasteiger partial charge in [-0.25, -0.2) is 4.79 Å². The molecule has 0 spiro atoms. The van der Waals surface area contributed by atoms with E-state index >= 15 is 0 Å². The Labute approximate surface area is 192 Å². The van der Waals surface area contributed by atoms with Gasteiger partial charge >= 0.3 is 5.97 Å². The number of hydrogen-bond acceptors (Lipinski definition) is 6. The molecule has 0 saturated carbocycles. The van der Waals surface area contributed by atoms with Gasteiger partial charge in [0.15, 0.2) is 18.1 Å². The molecule has 9 nitrogen and oxygen atoms in total. The van der Waals surface area contributed by atoms with Crippen LogP contribution in [0.25, 0.3) is 0 Å². The molecule has 0 unspecified atom stereocenters. The normalized spacial score (nSPS) is 13.6. The number of carboxylic acid groups (broad SMARTS) is 1. The van der Waals surface area contributed by atoms with E-state index < -0.39 is 11.9 Å². The van der Waals surface area contributed by atoms with Crippen LogP contribution >= 0.6 is 0 Å². The Morgan fingerprint density at radius 2 is 1.55 bits per heavy atom. The maximum atomic E-state index is 13.0. The van der Waals surface area contributed by atoms with Gasteiger partial charge in [-0.05, 0) is 25.0 Å². The second kappa shape index (κ2) is 11.2. The number of benzene rings is 2. The fourth-order valence-electron chi connectivity index (χ4n) is 3.68. The predicted molar refractivity (Wildman–Crippen MR) is 121 cm³/mol. The molecule has 2 aromatic carbocycles. The summed E-state index contributed by atoms with van der Waals surface area (Å²) in [5, 5.41) is 12.2. The molecule has 0 aliphatic carbocycles. The van der Waals surface area contributed by atoms with Crippen LogP contribution in [0, 0.1) is 0 Å². The molecule has 9 heteroatoms. The lowest BCUT2D eigenvalue weighted by Gasteiger charge is -2.21. The summed E-state index contributed by atoms with van der Waals surface area (Å²) in [6, 6.07) is 9.15. The lowest BCUT2D eigenvalue weighted by atomic mass is 10.1. The van der Waals surface area contributed by atoms with E-state index in [4.69, 9.17) is 14.2 Å². The number of likely N-dealkylation sites (tertiary alicyclic amines) is 1. The van der Waals surface area contributed by atoms with Crippen LogP contribution in [0.4, 0.5) is 5.69 Å². The zero-order chi connectivity index (χ0) is 23.8. The van der Waals surface area contributed by atoms with Crippen molar-refractivity contribution in [3.05, 3.63) is 47.5 Å². The number of nitrogens with zero attached hydrogens (tertiary/aromatic N) is 1. The Morgan fingerprint density at radius 1 is 0.909 bits per heavy atom. The minimum atomic E-state index is -1.24. The summed E-state index contributed by atoms with van der Waals surface area (Å²) in [5.74, 6) is -1.22. The molecule has 3 rings (SSSR count). The van der Waals surface area contributed by atoms with Crippen molar-refractivity contribution in [3.8, 4) is 17.2 Å². The molecule has 0 aromatic heterocycles. The van der Waals surface area contributed by atoms with E-state index in [2.05, 4.69) is 5.32 Å². The molecule has 1 aliphatic rings. The van der Waals surface area contributed by atoms with Gasteiger partial charge in [0.1, 0.15) is 5.75 Å². The van der Waals surface area contributed by atoms with Gasteiger partial charge in [0.2, 0.25) is 0 Å². The minimum Gasteiger partial charge on any atom is -0.493 e. The third kappa shape index (κ3) is 5.94. The second-order valence-electron chi connectivity index (χ2n) is 7.59. The van der Waals surface area contributed by atoms with E-state index in [1.54, 1.807) is 29.2 Å². The summed E-state index contributed by atoms with van der Waals surface area (Å²) in [6.07, 6.45) is 4.17. The van der Waals surface area contributed by atoms with E-state index in [0.29, 0.717) is 13.1 Å². The van der Waals surface area contributed by atoms with E-state index in [0.717, 1.165) is 25.7 Å². The summed E-state index contributed by atoms with van der Waals surface area (Å²) in [7, 11) is 2.80. The average Bonchev–Trinajstić information content (AvgIpc) is 3.12. The van der Waals surface area contributed by atoms with Crippen molar-refractivity contribution in [3.63, 3.8) is 0 Å². The van der Waals surface area contributed by atoms with Crippen molar-refractivity contribution >= 4 is 23.5 Å². The maximum absolute atomic E-state index is 13.0. The Bertz CT molecular complexity index is 1010. The quantitative estimate of drug-likeness (QED) is 0.625. The van der Waals surface area contributed by atoms with Gasteiger partial charge in [0.05, 0.1) is 31.0 Å². The Morgan fingerprint density at radius 3 is 2.18 bits per heavy atom. The van der Waals surface area contributed by atoms with Gasteiger partial charge in [-0.2, -0.15) is 0 Å². The third-order valence-corrected chi connectivity index (χ3v) is 5.44. The topological polar surface area (TPSA) is 114 Å². The predicted octanol–water partition coefficient (Wildman–Crippen LogP) is 3.44. The fraction of sp³-hybridized carbons (Fsp3) is 0.375. The van der Waals surface area contributed by atoms with Gasteiger partial charge in [0, 0.05) is 25.2 Å². The number of aromatic carboxylic acids is 1. The minimum absolute atomic E-state index is 0.0422. The molecule has 1 saturated heterocycles. The number of nitrogens with one attached hydrogen (secondary N) is 1. The molecule has 0 radical (unpaired) electrons. The summed E-state index contributed by atoms with van der Waals surface area (Å²) >= 11 is 0. The van der Waals surface area contributed by atoms with E-state index in [9.17, 15) is 19.5 Å². The SMILES string of the molecule is COc1cc(NC(=O)c2ccccc2OCC(=O)N2CCCCCC2)c(C(=O)O)cc1OC. The molecule has 176 valence electrons. The highest BCUT2D eigenvalue weighted by molar-refractivity contribution is 6.09. The van der Waals surface area contributed by atoms with Crippen LogP contribution in [0.1, 0.15) is 46.4 Å². The Kier molecular flexibility index (Phi) is 8.12. The van der Waals surface area contributed by atoms with Gasteiger partial charge in [-0.1, -0.05) is 25.0 Å². The summed E-state index contributed by atoms with van der Waals surface area (Å²) in [6.45, 7) is 1.24. The number of methoxy groups -OCH3 is 2. The first kappa shape index (κ1) is 23.9. The molecule has 1 aliphatic heterocycles. The van der Waals surface area contributed by atoms with Crippen molar-refractivity contribution in [2.75, 3.05) is 39.2 Å². The van der Waals surface area contributed by atoms with E-state index in [1.807, 2.05) is 0 Å². The number of anilines is 1. The summed E-state index contributed by atoms with van der Waals surface area (Å²) < 4.78 is 16.1. The number of carboxylic acids is 1. The van der Waals surface area contributed by atoms with Crippen molar-refractivity contribution < 1.29 is 33.7 Å². The first-order chi connectivity index (χ1) is 15.9. The van der Waals surface area contributed by atoms with Gasteiger partial charge < -0.3 is 29.5 Å². The molecule has 1 fully saturated rings. The smallest absolute Gasteiger partial charge is 0.337 e. The number of carbonyl (C=O) groups excluding carboxylic acids is 2. The molecule has 33 heavy (non-hydrogen) atoms. The number of ether oxygens (including phenoxy) is 3. The van der Waals surface area contributed by atoms with E-state index in [-0.39, 0.29) is 46.6 Å². The first-order valence-electron chi connectivity index (χ1n) is 10.7. The van der Waals surface area contributed by atoms with Crippen LogP contribution in [0.5, 0.6) is 17.2 Å². The number of carbonyl (C=O) groups is 3. The molecular weight excluding hydrogens is 428 g/mol. The third-order valence-electron chi connectivity index (χ3n) is 5.44. The van der Waals surface area contributed by atoms with Crippen LogP contribution in [0.3, 0.4) is 0 Å². The number of rotatable bonds is 8. The number of hydrogen-bond donors (Lipinski definition) is 2. The molecular formula is C24H28N2O7. The molecule has 2 N–H and O–H groups in total. The second-order valence-corrected chi connectivity index (χ2v) is 7.59. The van der Waals surface area contributed by atoms with Crippen LogP contribution < -0.4 is 19.5 Å². The lowest BCUT2D eigenvalue weighted by Crippen LogP contribution is -2.35. The standard InChI is InChI=1S/C24H28N2O7/c1-31-20-13-17(24(29)30)18(14-21(20)32-2)25-23(28)16-9-5-6-10-19(16)33-15-22(27)26-11-7-3-4-8-12-26/h5-6,9-10,13-14H,3-4,7-8,11-12,15H2,1-2H3,(H,25,28)(H,29,30). The van der Waals surface area contributed by atoms with Gasteiger partial charge in [-0.3, -0.25) is 9.59 Å². The van der Waals surface area contributed by atoms with Crippen molar-refractivity contribution in [1.82, 2.24) is 4.90 Å². The number of para-hydroxylation sites is 1. The highest BCUT2D eigenvalue weighted by Crippen LogP contribution is 2.34. The fourth-order valence-corrected chi connectivity index (χ4v) is 3.68. The molecule has 2 aromatic rings. The number of amides is 2. The first-order valence-corrected chi connectivity index (χ1v) is 10.7. The highest BCUT2D eigenvalue weighted by atomic mass is 16.5. The average molecular weight is 456 g/mol. The highest BCUT2D eigenvalue weighted by Gasteiger charge is 2.21. The van der Waals surface area contributed by atoms with Crippen LogP contribution in [-0.4, -0.2) is 61.7 Å². The van der Waals surface area contributed by atoms with Crippen molar-refractivity contribution in [1.29, 1.82) is 0 Å². The maximum Gasteiger partial charge on any atom is 0.337 e. The summed E-state index contributed by atoms with van der Waals surface area (Å²) in [4.78, 5) is 39.1. The molecule has 0 atom stereocenters. The lowest BCUT2D eigenvalue weighted by molar-refractivity contribution is -0.133. The summed E-state index contributed by atoms with van der Waals surface area (Å²) in [5.41, 5.74) is 0.0589. The molecule has 0 bridgehead atoms. The molecule has 1 heterocycles. The Hall–Kier alpha value is -3.75. The van der Waals surface area contributed by atoms with E-state index in [1.165, 1.54) is 26.4 Å². The zero-order valence-electron chi connectivity index (χ0n) is 18.8. The van der Waals surface area contributed by atoms with Gasteiger partial charge in [-0.15, -0.1) is 0 Å². The van der Waals surface area contributed by atoms with Crippen LogP contribution in [0.15, 0.2) is 36.4 Å². The van der Waals surface area contributed by atoms with Crippen molar-refractivity contribution in [2.24, 2.45) is 0 Å². The van der Waals surface area contributed by atoms with Crippen LogP contribution in [-0.2, 0) is 4.79 Å². The largest absolute Gasteiger partial charge is 0.493 e. The van der Waals surface area contributed by atoms with Gasteiger partial charge in [0.25, 0.3) is 11.8 Å². The molecule has 2 amide bonds. The van der Waals surface area contributed by atoms with Crippen LogP contribution in [0.2, 0.25) is 0 Å². The van der Waals surface area contributed by atoms with Crippen molar-refractivity contribution in [2.45, 2.75) is 25.7 Å². The zero-order valence-corrected chi connectivity index (χ0v) is 18.8.